The van der Waals surface area contributed by atoms with Gasteiger partial charge < -0.3 is 20.1 Å². The third kappa shape index (κ3) is 4.70. The van der Waals surface area contributed by atoms with Crippen LogP contribution in [0.4, 0.5) is 9.18 Å². The van der Waals surface area contributed by atoms with Crippen molar-refractivity contribution in [3.63, 3.8) is 0 Å². The maximum absolute atomic E-state index is 13.4. The first kappa shape index (κ1) is 19.9. The molecule has 2 aliphatic rings. The number of carbonyl (C=O) groups is 1. The minimum Gasteiger partial charge on any atom is -0.505 e. The number of morpholine rings is 1. The number of nitrogens with zero attached hydrogens (tertiary/aromatic N) is 2. The van der Waals surface area contributed by atoms with Gasteiger partial charge in [-0.15, -0.1) is 0 Å². The maximum atomic E-state index is 13.4. The Kier molecular flexibility index (Phi) is 5.90. The van der Waals surface area contributed by atoms with Crippen molar-refractivity contribution in [2.24, 2.45) is 4.36 Å². The van der Waals surface area contributed by atoms with Gasteiger partial charge in [-0.25, -0.2) is 17.8 Å². The molecule has 0 bridgehead atoms. The summed E-state index contributed by atoms with van der Waals surface area (Å²) in [7, 11) is -2.14. The quantitative estimate of drug-likeness (QED) is 0.814. The molecule has 1 aromatic carbocycles. The van der Waals surface area contributed by atoms with Gasteiger partial charge in [0.1, 0.15) is 0 Å². The highest BCUT2D eigenvalue weighted by Crippen LogP contribution is 2.32. The van der Waals surface area contributed by atoms with Gasteiger partial charge in [-0.05, 0) is 37.5 Å². The van der Waals surface area contributed by atoms with E-state index >= 15 is 0 Å². The smallest absolute Gasteiger partial charge is 0.317 e. The van der Waals surface area contributed by atoms with Crippen LogP contribution >= 0.6 is 0 Å². The highest BCUT2D eigenvalue weighted by atomic mass is 32.2. The fraction of sp³-hybridized carbons (Fsp3) is 0.611. The van der Waals surface area contributed by atoms with Crippen LogP contribution in [0.2, 0.25) is 0 Å². The van der Waals surface area contributed by atoms with Gasteiger partial charge in [-0.3, -0.25) is 0 Å². The van der Waals surface area contributed by atoms with Crippen LogP contribution in [0.5, 0.6) is 5.75 Å². The van der Waals surface area contributed by atoms with E-state index < -0.39 is 26.9 Å². The molecule has 2 heterocycles. The summed E-state index contributed by atoms with van der Waals surface area (Å²) in [5.41, 5.74) is 0.116. The van der Waals surface area contributed by atoms with Gasteiger partial charge in [0.25, 0.3) is 0 Å². The predicted molar refractivity (Wildman–Crippen MR) is 101 cm³/mol. The monoisotopic (exact) mass is 399 g/mol. The third-order valence-corrected chi connectivity index (χ3v) is 7.52. The number of amides is 2. The lowest BCUT2D eigenvalue weighted by Gasteiger charge is -2.45. The highest BCUT2D eigenvalue weighted by molar-refractivity contribution is 7.93. The van der Waals surface area contributed by atoms with E-state index in [2.05, 4.69) is 9.68 Å². The summed E-state index contributed by atoms with van der Waals surface area (Å²) >= 11 is 0. The minimum atomic E-state index is -2.14. The Bertz CT molecular complexity index is 809. The van der Waals surface area contributed by atoms with E-state index in [1.165, 1.54) is 12.1 Å². The fourth-order valence-corrected chi connectivity index (χ4v) is 5.87. The Labute approximate surface area is 159 Å². The molecule has 1 spiro atoms. The van der Waals surface area contributed by atoms with Crippen LogP contribution in [0.25, 0.3) is 0 Å². The van der Waals surface area contributed by atoms with Crippen LogP contribution in [0.15, 0.2) is 22.6 Å². The Morgan fingerprint density at radius 1 is 1.44 bits per heavy atom. The van der Waals surface area contributed by atoms with Crippen molar-refractivity contribution >= 4 is 15.8 Å². The molecular formula is C18H26FN3O4S. The molecule has 0 radical (unpaired) electrons. The standard InChI is InChI=1S/C18H26FN3O4S/c1-2-21-27(25)9-5-18(6-10-27)13-22(7-8-26-18)17(24)20-12-14-3-4-16(23)15(19)11-14/h3-4,11,23H,2,5-10,12-13H2,1H3,(H,20,24). The topological polar surface area (TPSA) is 91.2 Å². The average molecular weight is 399 g/mol. The minimum absolute atomic E-state index is 0.170. The summed E-state index contributed by atoms with van der Waals surface area (Å²) in [6.07, 6.45) is 1.25. The number of phenols is 1. The van der Waals surface area contributed by atoms with Gasteiger partial charge in [0, 0.05) is 40.9 Å². The fourth-order valence-electron chi connectivity index (χ4n) is 3.55. The first-order valence-electron chi connectivity index (χ1n) is 9.17. The van der Waals surface area contributed by atoms with E-state index in [9.17, 15) is 18.5 Å². The molecule has 2 saturated heterocycles. The van der Waals surface area contributed by atoms with Crippen LogP contribution in [0.3, 0.4) is 0 Å². The van der Waals surface area contributed by atoms with Crippen LogP contribution in [-0.4, -0.2) is 63.6 Å². The summed E-state index contributed by atoms with van der Waals surface area (Å²) in [6, 6.07) is 3.79. The Morgan fingerprint density at radius 3 is 2.85 bits per heavy atom. The molecule has 7 nitrogen and oxygen atoms in total. The van der Waals surface area contributed by atoms with E-state index in [1.807, 2.05) is 6.92 Å². The van der Waals surface area contributed by atoms with Crippen molar-refractivity contribution in [1.29, 1.82) is 0 Å². The summed E-state index contributed by atoms with van der Waals surface area (Å²) in [5.74, 6) is -0.120. The molecule has 2 N–H and O–H groups in total. The molecule has 0 aromatic heterocycles. The predicted octanol–water partition coefficient (Wildman–Crippen LogP) is 2.09. The zero-order valence-electron chi connectivity index (χ0n) is 15.4. The number of ether oxygens (including phenoxy) is 1. The summed E-state index contributed by atoms with van der Waals surface area (Å²) in [6.45, 7) is 3.98. The van der Waals surface area contributed by atoms with Crippen molar-refractivity contribution in [3.05, 3.63) is 29.6 Å². The third-order valence-electron chi connectivity index (χ3n) is 5.11. The number of hydrogen-bond donors (Lipinski definition) is 2. The number of benzene rings is 1. The highest BCUT2D eigenvalue weighted by Gasteiger charge is 2.42. The summed E-state index contributed by atoms with van der Waals surface area (Å²) < 4.78 is 36.2. The summed E-state index contributed by atoms with van der Waals surface area (Å²) in [4.78, 5) is 14.2. The van der Waals surface area contributed by atoms with Gasteiger partial charge in [-0.1, -0.05) is 6.07 Å². The zero-order chi connectivity index (χ0) is 19.5. The lowest BCUT2D eigenvalue weighted by atomic mass is 9.94. The van der Waals surface area contributed by atoms with Crippen LogP contribution in [0, 0.1) is 5.82 Å². The maximum Gasteiger partial charge on any atom is 0.317 e. The summed E-state index contributed by atoms with van der Waals surface area (Å²) in [5, 5.41) is 12.0. The Morgan fingerprint density at radius 2 is 2.19 bits per heavy atom. The first-order chi connectivity index (χ1) is 12.8. The van der Waals surface area contributed by atoms with Crippen molar-refractivity contribution in [2.45, 2.75) is 31.9 Å². The van der Waals surface area contributed by atoms with Crippen molar-refractivity contribution in [1.82, 2.24) is 10.2 Å². The van der Waals surface area contributed by atoms with Crippen molar-refractivity contribution < 1.29 is 23.2 Å². The molecule has 2 amide bonds. The van der Waals surface area contributed by atoms with Gasteiger partial charge in [0.2, 0.25) is 0 Å². The molecule has 0 saturated carbocycles. The van der Waals surface area contributed by atoms with Gasteiger partial charge in [0.05, 0.1) is 18.8 Å². The lowest BCUT2D eigenvalue weighted by molar-refractivity contribution is -0.102. The number of halogens is 1. The van der Waals surface area contributed by atoms with Crippen molar-refractivity contribution in [3.8, 4) is 5.75 Å². The van der Waals surface area contributed by atoms with E-state index in [1.54, 1.807) is 11.0 Å². The molecule has 0 unspecified atom stereocenters. The molecule has 1 aromatic rings. The van der Waals surface area contributed by atoms with E-state index in [-0.39, 0.29) is 12.6 Å². The van der Waals surface area contributed by atoms with Gasteiger partial charge in [-0.2, -0.15) is 0 Å². The molecule has 2 fully saturated rings. The number of aromatic hydroxyl groups is 1. The number of rotatable bonds is 3. The van der Waals surface area contributed by atoms with E-state index in [0.717, 1.165) is 0 Å². The average Bonchev–Trinajstić information content (AvgIpc) is 2.66. The van der Waals surface area contributed by atoms with Gasteiger partial charge >= 0.3 is 6.03 Å². The van der Waals surface area contributed by atoms with Crippen LogP contribution in [0.1, 0.15) is 25.3 Å². The van der Waals surface area contributed by atoms with E-state index in [4.69, 9.17) is 4.74 Å². The van der Waals surface area contributed by atoms with Crippen molar-refractivity contribution in [2.75, 3.05) is 37.7 Å². The van der Waals surface area contributed by atoms with E-state index in [0.29, 0.717) is 56.2 Å². The molecule has 150 valence electrons. The van der Waals surface area contributed by atoms with Crippen LogP contribution in [-0.2, 0) is 21.0 Å². The zero-order valence-corrected chi connectivity index (χ0v) is 16.3. The SMILES string of the molecule is CCN=S1(=O)CCC2(CC1)CN(C(=O)NCc1ccc(O)c(F)c1)CCO2. The Balaban J connectivity index is 1.57. The molecule has 0 atom stereocenters. The Hall–Kier alpha value is -1.87. The molecule has 0 aliphatic carbocycles. The van der Waals surface area contributed by atoms with Gasteiger partial charge in [0.15, 0.2) is 11.6 Å². The number of phenolic OH excluding ortho intramolecular Hbond substituents is 1. The molecule has 3 rings (SSSR count). The first-order valence-corrected chi connectivity index (χ1v) is 11.0. The molecule has 27 heavy (non-hydrogen) atoms. The van der Waals surface area contributed by atoms with Crippen LogP contribution < -0.4 is 5.32 Å². The normalized spacial score (nSPS) is 28.1. The second-order valence-electron chi connectivity index (χ2n) is 7.02. The number of hydrogen-bond acceptors (Lipinski definition) is 5. The largest absolute Gasteiger partial charge is 0.505 e. The molecule has 9 heteroatoms. The number of urea groups is 1. The number of nitrogens with one attached hydrogen (secondary N) is 1. The lowest BCUT2D eigenvalue weighted by Crippen LogP contribution is -2.58. The second kappa shape index (κ2) is 8.02. The number of carbonyl (C=O) groups excluding carboxylic acids is 1. The molecule has 2 aliphatic heterocycles. The molecular weight excluding hydrogens is 373 g/mol. The second-order valence-corrected chi connectivity index (χ2v) is 9.64.